The van der Waals surface area contributed by atoms with Gasteiger partial charge in [0.1, 0.15) is 0 Å². The van der Waals surface area contributed by atoms with Gasteiger partial charge in [0, 0.05) is 16.8 Å². The van der Waals surface area contributed by atoms with Crippen LogP contribution in [0.1, 0.15) is 0 Å². The molecule has 0 N–H and O–H groups in total. The van der Waals surface area contributed by atoms with Gasteiger partial charge in [0.2, 0.25) is 0 Å². The highest BCUT2D eigenvalue weighted by molar-refractivity contribution is 6.23. The maximum atomic E-state index is 2.43. The molecule has 0 aliphatic carbocycles. The molecule has 0 aliphatic rings. The highest BCUT2D eigenvalue weighted by Gasteiger charge is 2.19. The third-order valence-corrected chi connectivity index (χ3v) is 9.40. The molecule has 0 saturated carbocycles. The van der Waals surface area contributed by atoms with Crippen LogP contribution >= 0.6 is 0 Å². The van der Waals surface area contributed by atoms with Gasteiger partial charge in [0.25, 0.3) is 0 Å². The first kappa shape index (κ1) is 27.2. The Bertz CT molecular complexity index is 2560. The number of rotatable bonds is 5. The zero-order valence-electron chi connectivity index (χ0n) is 25.8. The molecular formula is C46H31N. The fourth-order valence-corrected chi connectivity index (χ4v) is 7.19. The van der Waals surface area contributed by atoms with Crippen molar-refractivity contribution < 1.29 is 0 Å². The molecule has 1 heteroatoms. The lowest BCUT2D eigenvalue weighted by atomic mass is 9.94. The molecule has 0 aromatic heterocycles. The van der Waals surface area contributed by atoms with Crippen LogP contribution < -0.4 is 4.90 Å². The smallest absolute Gasteiger partial charge is 0.0546 e. The van der Waals surface area contributed by atoms with E-state index in [4.69, 9.17) is 0 Å². The molecule has 9 rings (SSSR count). The summed E-state index contributed by atoms with van der Waals surface area (Å²) in [5.74, 6) is 0. The summed E-state index contributed by atoms with van der Waals surface area (Å²) in [4.78, 5) is 2.43. The Hall–Kier alpha value is -6.18. The Morgan fingerprint density at radius 3 is 1.68 bits per heavy atom. The lowest BCUT2D eigenvalue weighted by Crippen LogP contribution is -2.11. The van der Waals surface area contributed by atoms with Gasteiger partial charge in [-0.25, -0.2) is 0 Å². The van der Waals surface area contributed by atoms with Gasteiger partial charge in [0.05, 0.1) is 5.69 Å². The number of benzene rings is 9. The maximum absolute atomic E-state index is 2.43. The molecule has 220 valence electrons. The summed E-state index contributed by atoms with van der Waals surface area (Å²) in [5, 5.41) is 10.1. The van der Waals surface area contributed by atoms with Crippen LogP contribution in [0, 0.1) is 0 Å². The zero-order chi connectivity index (χ0) is 31.2. The van der Waals surface area contributed by atoms with Gasteiger partial charge >= 0.3 is 0 Å². The SMILES string of the molecule is c1ccc(-c2ccc(N(c3cccc(-c4cccc5ccccc45)c3)c3cc4ccc5ccccc5c4c4ccccc34)cc2)cc1. The maximum Gasteiger partial charge on any atom is 0.0546 e. The van der Waals surface area contributed by atoms with Crippen molar-refractivity contribution in [2.75, 3.05) is 4.90 Å². The van der Waals surface area contributed by atoms with Crippen molar-refractivity contribution in [3.63, 3.8) is 0 Å². The van der Waals surface area contributed by atoms with E-state index in [1.54, 1.807) is 0 Å². The van der Waals surface area contributed by atoms with Crippen molar-refractivity contribution in [1.82, 2.24) is 0 Å². The van der Waals surface area contributed by atoms with Crippen molar-refractivity contribution in [3.8, 4) is 22.3 Å². The summed E-state index contributed by atoms with van der Waals surface area (Å²) in [6.45, 7) is 0. The quantitative estimate of drug-likeness (QED) is 0.178. The highest BCUT2D eigenvalue weighted by Crippen LogP contribution is 2.45. The van der Waals surface area contributed by atoms with Crippen molar-refractivity contribution in [1.29, 1.82) is 0 Å². The second-order valence-electron chi connectivity index (χ2n) is 12.2. The Morgan fingerprint density at radius 2 is 0.872 bits per heavy atom. The van der Waals surface area contributed by atoms with E-state index >= 15 is 0 Å². The summed E-state index contributed by atoms with van der Waals surface area (Å²) in [5.41, 5.74) is 8.24. The van der Waals surface area contributed by atoms with Gasteiger partial charge < -0.3 is 4.90 Å². The van der Waals surface area contributed by atoms with Gasteiger partial charge in [-0.05, 0) is 90.3 Å². The predicted molar refractivity (Wildman–Crippen MR) is 202 cm³/mol. The molecular weight excluding hydrogens is 567 g/mol. The first-order valence-electron chi connectivity index (χ1n) is 16.2. The van der Waals surface area contributed by atoms with Crippen LogP contribution in [0.4, 0.5) is 17.1 Å². The van der Waals surface area contributed by atoms with Crippen molar-refractivity contribution in [3.05, 3.63) is 188 Å². The molecule has 0 fully saturated rings. The average Bonchev–Trinajstić information content (AvgIpc) is 3.15. The van der Waals surface area contributed by atoms with Crippen LogP contribution in [-0.4, -0.2) is 0 Å². The zero-order valence-corrected chi connectivity index (χ0v) is 25.8. The van der Waals surface area contributed by atoms with E-state index in [1.165, 1.54) is 65.3 Å². The number of anilines is 3. The molecule has 9 aromatic carbocycles. The van der Waals surface area contributed by atoms with Crippen molar-refractivity contribution in [2.45, 2.75) is 0 Å². The molecule has 0 amide bonds. The number of fused-ring (bicyclic) bond motifs is 6. The van der Waals surface area contributed by atoms with Crippen LogP contribution in [-0.2, 0) is 0 Å². The first-order chi connectivity index (χ1) is 23.3. The molecule has 0 atom stereocenters. The van der Waals surface area contributed by atoms with E-state index < -0.39 is 0 Å². The minimum absolute atomic E-state index is 1.12. The molecule has 0 unspecified atom stereocenters. The number of hydrogen-bond donors (Lipinski definition) is 0. The van der Waals surface area contributed by atoms with E-state index in [1.807, 2.05) is 0 Å². The number of nitrogens with zero attached hydrogens (tertiary/aromatic N) is 1. The Morgan fingerprint density at radius 1 is 0.298 bits per heavy atom. The van der Waals surface area contributed by atoms with Crippen molar-refractivity contribution >= 4 is 60.2 Å². The molecule has 0 radical (unpaired) electrons. The van der Waals surface area contributed by atoms with Crippen LogP contribution in [0.3, 0.4) is 0 Å². The second kappa shape index (κ2) is 11.3. The van der Waals surface area contributed by atoms with Crippen LogP contribution in [0.15, 0.2) is 188 Å². The lowest BCUT2D eigenvalue weighted by molar-refractivity contribution is 1.30. The molecule has 0 bridgehead atoms. The van der Waals surface area contributed by atoms with E-state index in [0.29, 0.717) is 0 Å². The fraction of sp³-hybridized carbons (Fsp3) is 0. The molecule has 0 spiro atoms. The monoisotopic (exact) mass is 597 g/mol. The van der Waals surface area contributed by atoms with Crippen LogP contribution in [0.25, 0.3) is 65.3 Å². The van der Waals surface area contributed by atoms with E-state index in [9.17, 15) is 0 Å². The molecule has 0 heterocycles. The second-order valence-corrected chi connectivity index (χ2v) is 12.2. The lowest BCUT2D eigenvalue weighted by Gasteiger charge is -2.28. The van der Waals surface area contributed by atoms with Gasteiger partial charge in [-0.2, -0.15) is 0 Å². The van der Waals surface area contributed by atoms with Crippen LogP contribution in [0.5, 0.6) is 0 Å². The third kappa shape index (κ3) is 4.72. The minimum atomic E-state index is 1.12. The van der Waals surface area contributed by atoms with E-state index in [-0.39, 0.29) is 0 Å². The number of hydrogen-bond acceptors (Lipinski definition) is 1. The highest BCUT2D eigenvalue weighted by atomic mass is 15.1. The summed E-state index contributed by atoms with van der Waals surface area (Å²) in [6, 6.07) is 68.3. The molecule has 47 heavy (non-hydrogen) atoms. The predicted octanol–water partition coefficient (Wildman–Crippen LogP) is 13.1. The average molecular weight is 598 g/mol. The Labute approximate surface area is 274 Å². The summed E-state index contributed by atoms with van der Waals surface area (Å²) in [6.07, 6.45) is 0. The van der Waals surface area contributed by atoms with E-state index in [0.717, 1.165) is 17.1 Å². The minimum Gasteiger partial charge on any atom is -0.310 e. The molecule has 1 nitrogen and oxygen atoms in total. The Balaban J connectivity index is 1.30. The van der Waals surface area contributed by atoms with Crippen molar-refractivity contribution in [2.24, 2.45) is 0 Å². The topological polar surface area (TPSA) is 3.24 Å². The van der Waals surface area contributed by atoms with Crippen LogP contribution in [0.2, 0.25) is 0 Å². The van der Waals surface area contributed by atoms with Gasteiger partial charge in [-0.15, -0.1) is 0 Å². The van der Waals surface area contributed by atoms with Gasteiger partial charge in [0.15, 0.2) is 0 Å². The first-order valence-corrected chi connectivity index (χ1v) is 16.2. The van der Waals surface area contributed by atoms with E-state index in [2.05, 4.69) is 193 Å². The van der Waals surface area contributed by atoms with Gasteiger partial charge in [-0.1, -0.05) is 158 Å². The normalized spacial score (nSPS) is 11.4. The standard InChI is InChI=1S/C46H31N/c1-2-12-32(13-3-1)33-26-28-38(29-27-33)47(39-18-10-17-36(30-39)41-23-11-16-34-14-4-6-19-40(34)41)45-31-37-25-24-35-15-5-7-20-42(35)46(37)44-22-9-8-21-43(44)45/h1-31H. The van der Waals surface area contributed by atoms with Gasteiger partial charge in [-0.3, -0.25) is 0 Å². The molecule has 0 saturated heterocycles. The summed E-state index contributed by atoms with van der Waals surface area (Å²) >= 11 is 0. The molecule has 0 aliphatic heterocycles. The molecule has 9 aromatic rings. The summed E-state index contributed by atoms with van der Waals surface area (Å²) < 4.78 is 0. The third-order valence-electron chi connectivity index (χ3n) is 9.40. The Kier molecular flexibility index (Phi) is 6.54. The fourth-order valence-electron chi connectivity index (χ4n) is 7.19. The summed E-state index contributed by atoms with van der Waals surface area (Å²) in [7, 11) is 0. The largest absolute Gasteiger partial charge is 0.310 e.